The number of anilines is 1. The lowest BCUT2D eigenvalue weighted by Gasteiger charge is -2.34. The number of carbonyl (C=O) groups is 2. The predicted molar refractivity (Wildman–Crippen MR) is 93.1 cm³/mol. The van der Waals surface area contributed by atoms with Crippen LogP contribution in [0, 0.1) is 0 Å². The Kier molecular flexibility index (Phi) is 5.38. The van der Waals surface area contributed by atoms with Gasteiger partial charge in [-0.05, 0) is 31.4 Å². The molecule has 1 fully saturated rings. The van der Waals surface area contributed by atoms with Crippen molar-refractivity contribution in [3.63, 3.8) is 0 Å². The molecule has 5 nitrogen and oxygen atoms in total. The average molecular weight is 330 g/mol. The zero-order chi connectivity index (χ0) is 16.9. The van der Waals surface area contributed by atoms with E-state index in [1.165, 1.54) is 19.3 Å². The van der Waals surface area contributed by atoms with Crippen LogP contribution in [0.5, 0.6) is 5.75 Å². The Hall–Kier alpha value is -2.04. The Morgan fingerprint density at radius 2 is 2.00 bits per heavy atom. The monoisotopic (exact) mass is 330 g/mol. The number of hydrogen-bond donors (Lipinski definition) is 1. The molecule has 1 aromatic rings. The highest BCUT2D eigenvalue weighted by Gasteiger charge is 2.33. The largest absolute Gasteiger partial charge is 0.478 e. The second kappa shape index (κ2) is 7.69. The summed E-state index contributed by atoms with van der Waals surface area (Å²) in [5.41, 5.74) is 0.762. The molecule has 1 heterocycles. The third-order valence-electron chi connectivity index (χ3n) is 4.87. The maximum Gasteiger partial charge on any atom is 0.268 e. The van der Waals surface area contributed by atoms with Crippen molar-refractivity contribution in [3.05, 3.63) is 24.3 Å². The van der Waals surface area contributed by atoms with Crippen molar-refractivity contribution in [2.24, 2.45) is 0 Å². The number of fused-ring (bicyclic) bond motifs is 1. The van der Waals surface area contributed by atoms with E-state index in [4.69, 9.17) is 4.74 Å². The molecule has 5 heteroatoms. The number of hydrogen-bond acceptors (Lipinski definition) is 3. The highest BCUT2D eigenvalue weighted by atomic mass is 16.5. The standard InChI is InChI=1S/C19H26N2O3/c1-2-16-19(23)21(15-10-6-7-11-17(15)24-16)13-12-18(22)20-14-8-4-3-5-9-14/h6-7,10-11,14,16H,2-5,8-9,12-13H2,1H3,(H,20,22). The Morgan fingerprint density at radius 3 is 2.75 bits per heavy atom. The first-order valence-corrected chi connectivity index (χ1v) is 9.05. The van der Waals surface area contributed by atoms with Crippen LogP contribution in [0.25, 0.3) is 0 Å². The fraction of sp³-hybridized carbons (Fsp3) is 0.579. The molecule has 0 aromatic heterocycles. The minimum atomic E-state index is -0.457. The summed E-state index contributed by atoms with van der Waals surface area (Å²) >= 11 is 0. The molecule has 2 amide bonds. The van der Waals surface area contributed by atoms with Gasteiger partial charge >= 0.3 is 0 Å². The van der Waals surface area contributed by atoms with Crippen molar-refractivity contribution >= 4 is 17.5 Å². The summed E-state index contributed by atoms with van der Waals surface area (Å²) in [5.74, 6) is 0.699. The molecule has 1 aliphatic carbocycles. The van der Waals surface area contributed by atoms with Crippen molar-refractivity contribution in [2.75, 3.05) is 11.4 Å². The lowest BCUT2D eigenvalue weighted by Crippen LogP contribution is -2.47. The summed E-state index contributed by atoms with van der Waals surface area (Å²) in [7, 11) is 0. The van der Waals surface area contributed by atoms with Gasteiger partial charge in [0.25, 0.3) is 5.91 Å². The zero-order valence-electron chi connectivity index (χ0n) is 14.3. The second-order valence-electron chi connectivity index (χ2n) is 6.62. The van der Waals surface area contributed by atoms with Gasteiger partial charge < -0.3 is 15.0 Å². The van der Waals surface area contributed by atoms with E-state index < -0.39 is 6.10 Å². The van der Waals surface area contributed by atoms with Crippen molar-refractivity contribution in [1.82, 2.24) is 5.32 Å². The minimum absolute atomic E-state index is 0.0340. The summed E-state index contributed by atoms with van der Waals surface area (Å²) in [6, 6.07) is 7.84. The van der Waals surface area contributed by atoms with E-state index in [0.717, 1.165) is 24.3 Å². The fourth-order valence-electron chi connectivity index (χ4n) is 3.52. The van der Waals surface area contributed by atoms with Gasteiger partial charge in [-0.1, -0.05) is 38.3 Å². The summed E-state index contributed by atoms with van der Waals surface area (Å²) in [6.45, 7) is 2.33. The van der Waals surface area contributed by atoms with E-state index in [9.17, 15) is 9.59 Å². The smallest absolute Gasteiger partial charge is 0.268 e. The van der Waals surface area contributed by atoms with E-state index in [0.29, 0.717) is 25.4 Å². The molecule has 0 radical (unpaired) electrons. The molecule has 0 spiro atoms. The Morgan fingerprint density at radius 1 is 1.25 bits per heavy atom. The van der Waals surface area contributed by atoms with Gasteiger partial charge in [0.1, 0.15) is 5.75 Å². The van der Waals surface area contributed by atoms with E-state index in [1.54, 1.807) is 4.90 Å². The highest BCUT2D eigenvalue weighted by molar-refractivity contribution is 6.00. The van der Waals surface area contributed by atoms with Crippen LogP contribution in [-0.4, -0.2) is 30.5 Å². The maximum absolute atomic E-state index is 12.6. The predicted octanol–water partition coefficient (Wildman–Crippen LogP) is 3.03. The fourth-order valence-corrected chi connectivity index (χ4v) is 3.52. The molecular formula is C19H26N2O3. The molecule has 1 N–H and O–H groups in total. The number of rotatable bonds is 5. The lowest BCUT2D eigenvalue weighted by molar-refractivity contribution is -0.126. The van der Waals surface area contributed by atoms with Gasteiger partial charge in [0.05, 0.1) is 5.69 Å². The molecule has 0 bridgehead atoms. The third kappa shape index (κ3) is 3.71. The van der Waals surface area contributed by atoms with E-state index in [2.05, 4.69) is 5.32 Å². The summed E-state index contributed by atoms with van der Waals surface area (Å²) in [4.78, 5) is 26.5. The summed E-state index contributed by atoms with van der Waals surface area (Å²) in [6.07, 6.45) is 6.29. The van der Waals surface area contributed by atoms with E-state index >= 15 is 0 Å². The first-order valence-electron chi connectivity index (χ1n) is 9.05. The number of para-hydroxylation sites is 2. The van der Waals surface area contributed by atoms with Crippen LogP contribution in [0.3, 0.4) is 0 Å². The average Bonchev–Trinajstić information content (AvgIpc) is 2.61. The Labute approximate surface area is 143 Å². The zero-order valence-corrected chi connectivity index (χ0v) is 14.3. The number of nitrogens with one attached hydrogen (secondary N) is 1. The van der Waals surface area contributed by atoms with Crippen LogP contribution in [0.2, 0.25) is 0 Å². The van der Waals surface area contributed by atoms with Crippen LogP contribution in [0.15, 0.2) is 24.3 Å². The number of carbonyl (C=O) groups excluding carboxylic acids is 2. The minimum Gasteiger partial charge on any atom is -0.478 e. The van der Waals surface area contributed by atoms with Crippen molar-refractivity contribution in [2.45, 2.75) is 64.0 Å². The maximum atomic E-state index is 12.6. The molecule has 2 aliphatic rings. The molecule has 24 heavy (non-hydrogen) atoms. The molecular weight excluding hydrogens is 304 g/mol. The van der Waals surface area contributed by atoms with Gasteiger partial charge in [-0.2, -0.15) is 0 Å². The SMILES string of the molecule is CCC1Oc2ccccc2N(CCC(=O)NC2CCCCC2)C1=O. The molecule has 1 atom stereocenters. The van der Waals surface area contributed by atoms with Crippen molar-refractivity contribution in [3.8, 4) is 5.75 Å². The van der Waals surface area contributed by atoms with Crippen LogP contribution >= 0.6 is 0 Å². The van der Waals surface area contributed by atoms with Gasteiger partial charge in [-0.25, -0.2) is 0 Å². The number of ether oxygens (including phenoxy) is 1. The van der Waals surface area contributed by atoms with Crippen LogP contribution in [0.4, 0.5) is 5.69 Å². The molecule has 1 unspecified atom stereocenters. The highest BCUT2D eigenvalue weighted by Crippen LogP contribution is 2.34. The number of nitrogens with zero attached hydrogens (tertiary/aromatic N) is 1. The van der Waals surface area contributed by atoms with Gasteiger partial charge in [-0.15, -0.1) is 0 Å². The molecule has 1 aliphatic heterocycles. The van der Waals surface area contributed by atoms with Crippen molar-refractivity contribution in [1.29, 1.82) is 0 Å². The molecule has 130 valence electrons. The Balaban J connectivity index is 1.62. The van der Waals surface area contributed by atoms with Crippen LogP contribution in [0.1, 0.15) is 51.9 Å². The van der Waals surface area contributed by atoms with E-state index in [1.807, 2.05) is 31.2 Å². The van der Waals surface area contributed by atoms with Gasteiger partial charge in [0.2, 0.25) is 5.91 Å². The van der Waals surface area contributed by atoms with Crippen molar-refractivity contribution < 1.29 is 14.3 Å². The van der Waals surface area contributed by atoms with Crippen LogP contribution < -0.4 is 15.0 Å². The molecule has 0 saturated heterocycles. The lowest BCUT2D eigenvalue weighted by atomic mass is 9.95. The van der Waals surface area contributed by atoms with Crippen LogP contribution in [-0.2, 0) is 9.59 Å². The summed E-state index contributed by atoms with van der Waals surface area (Å²) in [5, 5.41) is 3.11. The third-order valence-corrected chi connectivity index (χ3v) is 4.87. The first-order chi connectivity index (χ1) is 11.7. The number of benzene rings is 1. The van der Waals surface area contributed by atoms with Gasteiger partial charge in [-0.3, -0.25) is 9.59 Å². The quantitative estimate of drug-likeness (QED) is 0.903. The molecule has 1 saturated carbocycles. The first kappa shape index (κ1) is 16.8. The number of amides is 2. The molecule has 1 aromatic carbocycles. The topological polar surface area (TPSA) is 58.6 Å². The van der Waals surface area contributed by atoms with Gasteiger partial charge in [0, 0.05) is 19.0 Å². The van der Waals surface area contributed by atoms with E-state index in [-0.39, 0.29) is 11.8 Å². The Bertz CT molecular complexity index is 596. The normalized spacial score (nSPS) is 21.1. The molecule has 3 rings (SSSR count). The van der Waals surface area contributed by atoms with Gasteiger partial charge in [0.15, 0.2) is 6.10 Å². The second-order valence-corrected chi connectivity index (χ2v) is 6.62. The summed E-state index contributed by atoms with van der Waals surface area (Å²) < 4.78 is 5.76.